The lowest BCUT2D eigenvalue weighted by Gasteiger charge is -2.30. The number of halogens is 1. The lowest BCUT2D eigenvalue weighted by molar-refractivity contribution is -0.384. The summed E-state index contributed by atoms with van der Waals surface area (Å²) in [6.07, 6.45) is 3.49. The molecular formula is C43H29FN4O3S. The third-order valence-corrected chi connectivity index (χ3v) is 10.8. The maximum absolute atomic E-state index is 14.7. The molecule has 1 aliphatic carbocycles. The second-order valence-electron chi connectivity index (χ2n) is 12.8. The largest absolute Gasteiger partial charge is 0.309 e. The molecule has 0 saturated heterocycles. The SMILES string of the molecule is O=c1/c(=C\c2cc(-c3ccccc3)n(-c3ccc([N+](=O)[O-])cc3)c2-c2ccccc2)sc2n1[C@@H](c1ccc(F)cc1)C1=C(N=2)c2ccccc2CC1. The van der Waals surface area contributed by atoms with E-state index in [1.54, 1.807) is 28.8 Å². The molecular weight excluding hydrogens is 672 g/mol. The Bertz CT molecular complexity index is 2730. The summed E-state index contributed by atoms with van der Waals surface area (Å²) in [6.45, 7) is 0. The van der Waals surface area contributed by atoms with Gasteiger partial charge in [0.15, 0.2) is 4.80 Å². The van der Waals surface area contributed by atoms with Gasteiger partial charge in [0.05, 0.1) is 32.6 Å². The molecule has 252 valence electrons. The highest BCUT2D eigenvalue weighted by Gasteiger charge is 2.33. The zero-order valence-corrected chi connectivity index (χ0v) is 28.5. The van der Waals surface area contributed by atoms with E-state index in [4.69, 9.17) is 4.99 Å². The highest BCUT2D eigenvalue weighted by atomic mass is 32.1. The Labute approximate surface area is 301 Å². The Hall–Kier alpha value is -6.45. The molecule has 2 aromatic heterocycles. The van der Waals surface area contributed by atoms with Crippen LogP contribution in [0.5, 0.6) is 0 Å². The van der Waals surface area contributed by atoms with Crippen molar-refractivity contribution in [2.75, 3.05) is 0 Å². The number of benzene rings is 5. The van der Waals surface area contributed by atoms with Crippen LogP contribution >= 0.6 is 11.3 Å². The van der Waals surface area contributed by atoms with Crippen molar-refractivity contribution in [2.45, 2.75) is 18.9 Å². The van der Waals surface area contributed by atoms with Gasteiger partial charge in [0.1, 0.15) is 5.82 Å². The van der Waals surface area contributed by atoms with Gasteiger partial charge in [0.2, 0.25) is 0 Å². The highest BCUT2D eigenvalue weighted by molar-refractivity contribution is 7.07. The first-order valence-corrected chi connectivity index (χ1v) is 17.8. The normalized spacial score (nSPS) is 15.1. The zero-order valence-electron chi connectivity index (χ0n) is 27.6. The molecule has 0 unspecified atom stereocenters. The van der Waals surface area contributed by atoms with Crippen molar-refractivity contribution >= 4 is 28.8 Å². The van der Waals surface area contributed by atoms with Crippen molar-refractivity contribution in [3.8, 4) is 28.2 Å². The summed E-state index contributed by atoms with van der Waals surface area (Å²) in [7, 11) is 0. The first-order valence-electron chi connectivity index (χ1n) is 16.9. The van der Waals surface area contributed by atoms with Crippen molar-refractivity contribution in [1.29, 1.82) is 0 Å². The van der Waals surface area contributed by atoms with E-state index >= 15 is 0 Å². The van der Waals surface area contributed by atoms with Crippen molar-refractivity contribution < 1.29 is 9.31 Å². The van der Waals surface area contributed by atoms with E-state index in [2.05, 4.69) is 22.8 Å². The number of hydrogen-bond donors (Lipinski definition) is 0. The van der Waals surface area contributed by atoms with E-state index in [1.807, 2.05) is 78.9 Å². The number of aryl methyl sites for hydroxylation is 1. The number of allylic oxidation sites excluding steroid dienone is 1. The number of nitrogens with zero attached hydrogens (tertiary/aromatic N) is 4. The second-order valence-corrected chi connectivity index (χ2v) is 13.8. The van der Waals surface area contributed by atoms with E-state index in [0.29, 0.717) is 9.33 Å². The van der Waals surface area contributed by atoms with Gasteiger partial charge < -0.3 is 4.57 Å². The molecule has 5 aromatic carbocycles. The van der Waals surface area contributed by atoms with Crippen LogP contribution in [-0.4, -0.2) is 14.1 Å². The number of fused-ring (bicyclic) bond motifs is 3. The number of aromatic nitrogens is 2. The van der Waals surface area contributed by atoms with E-state index in [9.17, 15) is 19.3 Å². The summed E-state index contributed by atoms with van der Waals surface area (Å²) in [5.41, 5.74) is 9.97. The zero-order chi connectivity index (χ0) is 35.3. The third-order valence-electron chi connectivity index (χ3n) is 9.81. The van der Waals surface area contributed by atoms with Gasteiger partial charge in [-0.15, -0.1) is 0 Å². The Balaban J connectivity index is 1.31. The van der Waals surface area contributed by atoms with Crippen molar-refractivity contribution in [1.82, 2.24) is 9.13 Å². The molecule has 0 saturated carbocycles. The predicted molar refractivity (Wildman–Crippen MR) is 202 cm³/mol. The first-order chi connectivity index (χ1) is 25.4. The molecule has 7 aromatic rings. The van der Waals surface area contributed by atoms with Gasteiger partial charge in [-0.1, -0.05) is 108 Å². The fraction of sp³-hybridized carbons (Fsp3) is 0.0698. The fourth-order valence-corrected chi connectivity index (χ4v) is 8.45. The summed E-state index contributed by atoms with van der Waals surface area (Å²) < 4.78 is 18.6. The van der Waals surface area contributed by atoms with Gasteiger partial charge in [-0.2, -0.15) is 0 Å². The molecule has 0 radical (unpaired) electrons. The molecule has 0 amide bonds. The van der Waals surface area contributed by atoms with Gasteiger partial charge in [-0.3, -0.25) is 19.5 Å². The van der Waals surface area contributed by atoms with Crippen LogP contribution in [0.2, 0.25) is 0 Å². The summed E-state index contributed by atoms with van der Waals surface area (Å²) in [5, 5.41) is 11.6. The van der Waals surface area contributed by atoms with E-state index < -0.39 is 11.0 Å². The smallest absolute Gasteiger partial charge is 0.271 e. The lowest BCUT2D eigenvalue weighted by Crippen LogP contribution is -2.38. The maximum atomic E-state index is 14.7. The Morgan fingerprint density at radius 3 is 2.19 bits per heavy atom. The molecule has 0 spiro atoms. The summed E-state index contributed by atoms with van der Waals surface area (Å²) in [6, 6.07) is 42.7. The predicted octanol–water partition coefficient (Wildman–Crippen LogP) is 8.49. The number of nitro benzene ring substituents is 1. The van der Waals surface area contributed by atoms with Gasteiger partial charge in [0, 0.05) is 28.9 Å². The minimum Gasteiger partial charge on any atom is -0.309 e. The Morgan fingerprint density at radius 2 is 1.48 bits per heavy atom. The number of thiazole rings is 1. The summed E-state index contributed by atoms with van der Waals surface area (Å²) in [4.78, 5) is 31.6. The molecule has 0 bridgehead atoms. The van der Waals surface area contributed by atoms with E-state index in [0.717, 1.165) is 69.0 Å². The molecule has 3 heterocycles. The topological polar surface area (TPSA) is 82.4 Å². The fourth-order valence-electron chi connectivity index (χ4n) is 7.45. The lowest BCUT2D eigenvalue weighted by atomic mass is 9.83. The van der Waals surface area contributed by atoms with Gasteiger partial charge in [-0.25, -0.2) is 9.38 Å². The third kappa shape index (κ3) is 5.34. The Kier molecular flexibility index (Phi) is 7.70. The Morgan fingerprint density at radius 1 is 0.808 bits per heavy atom. The molecule has 2 aliphatic rings. The monoisotopic (exact) mass is 700 g/mol. The number of nitro groups is 1. The molecule has 1 atom stereocenters. The minimum absolute atomic E-state index is 0.000732. The quantitative estimate of drug-likeness (QED) is 0.129. The van der Waals surface area contributed by atoms with Crippen LogP contribution in [0.15, 0.2) is 155 Å². The highest BCUT2D eigenvalue weighted by Crippen LogP contribution is 2.41. The van der Waals surface area contributed by atoms with E-state index in [1.165, 1.54) is 41.2 Å². The standard InChI is InChI=1S/C43H29FN4O3S/c44-32-18-15-30(16-19-32)41-36-24-17-27-9-7-8-14-35(27)39(36)45-43-47(41)42(49)38(52-43)26-31-25-37(28-10-3-1-4-11-28)46(40(31)29-12-5-2-6-13-29)33-20-22-34(23-21-33)48(50)51/h1-16,18-23,25-26,41H,17,24H2/b38-26+/t41-/m0/s1. The average molecular weight is 701 g/mol. The summed E-state index contributed by atoms with van der Waals surface area (Å²) in [5.74, 6) is -0.334. The van der Waals surface area contributed by atoms with Crippen molar-refractivity contribution in [2.24, 2.45) is 4.99 Å². The first kappa shape index (κ1) is 31.5. The molecule has 9 rings (SSSR count). The molecule has 52 heavy (non-hydrogen) atoms. The van der Waals surface area contributed by atoms with Crippen LogP contribution in [0.4, 0.5) is 10.1 Å². The van der Waals surface area contributed by atoms with Crippen molar-refractivity contribution in [3.63, 3.8) is 0 Å². The van der Waals surface area contributed by atoms with Gasteiger partial charge in [-0.05, 0) is 77.1 Å². The average Bonchev–Trinajstić information content (AvgIpc) is 3.71. The molecule has 7 nitrogen and oxygen atoms in total. The van der Waals surface area contributed by atoms with Crippen LogP contribution in [0.1, 0.15) is 34.7 Å². The van der Waals surface area contributed by atoms with E-state index in [-0.39, 0.29) is 17.1 Å². The maximum Gasteiger partial charge on any atom is 0.271 e. The van der Waals surface area contributed by atoms with Crippen LogP contribution in [-0.2, 0) is 6.42 Å². The van der Waals surface area contributed by atoms with Crippen LogP contribution < -0.4 is 14.9 Å². The molecule has 1 aliphatic heterocycles. The molecule has 0 fully saturated rings. The number of hydrogen-bond acceptors (Lipinski definition) is 5. The van der Waals surface area contributed by atoms with Gasteiger partial charge >= 0.3 is 0 Å². The number of rotatable bonds is 6. The molecule has 0 N–H and O–H groups in total. The van der Waals surface area contributed by atoms with Crippen LogP contribution in [0.25, 0.3) is 40.0 Å². The number of non-ortho nitro benzene ring substituents is 1. The van der Waals surface area contributed by atoms with Crippen LogP contribution in [0.3, 0.4) is 0 Å². The summed E-state index contributed by atoms with van der Waals surface area (Å²) >= 11 is 1.34. The van der Waals surface area contributed by atoms with Gasteiger partial charge in [0.25, 0.3) is 11.2 Å². The van der Waals surface area contributed by atoms with Crippen LogP contribution in [0, 0.1) is 15.9 Å². The minimum atomic E-state index is -0.430. The second kappa shape index (κ2) is 12.7. The van der Waals surface area contributed by atoms with Crippen molar-refractivity contribution in [3.05, 3.63) is 203 Å². The molecule has 9 heteroatoms.